The van der Waals surface area contributed by atoms with Crippen LogP contribution < -0.4 is 0 Å². The number of dihydropyridines is 1. The molecule has 0 aromatic carbocycles. The van der Waals surface area contributed by atoms with Crippen LogP contribution >= 0.6 is 0 Å². The molecule has 1 heterocycles. The molecule has 1 aliphatic rings. The molecule has 0 radical (unpaired) electrons. The van der Waals surface area contributed by atoms with Gasteiger partial charge in [-0.05, 0) is 6.42 Å². The molecule has 0 N–H and O–H groups in total. The molecule has 0 bridgehead atoms. The number of hydrogen-bond donors (Lipinski definition) is 0. The molecule has 50 valence electrons. The van der Waals surface area contributed by atoms with E-state index in [4.69, 9.17) is 0 Å². The fourth-order valence-corrected chi connectivity index (χ4v) is 1.01. The van der Waals surface area contributed by atoms with E-state index >= 15 is 0 Å². The zero-order chi connectivity index (χ0) is 6.53. The van der Waals surface area contributed by atoms with Gasteiger partial charge in [-0.15, -0.1) is 0 Å². The molecule has 0 unspecified atom stereocenters. The highest BCUT2D eigenvalue weighted by Crippen LogP contribution is 2.02. The minimum Gasteiger partial charge on any atom is -0.290 e. The Labute approximate surface area is 56.5 Å². The average Bonchev–Trinajstić information content (AvgIpc) is 1.91. The van der Waals surface area contributed by atoms with Crippen molar-refractivity contribution in [1.82, 2.24) is 0 Å². The van der Waals surface area contributed by atoms with Gasteiger partial charge >= 0.3 is 0 Å². The van der Waals surface area contributed by atoms with Gasteiger partial charge in [0.2, 0.25) is 0 Å². The lowest BCUT2D eigenvalue weighted by atomic mass is 10.1. The van der Waals surface area contributed by atoms with Crippen molar-refractivity contribution in [2.24, 2.45) is 4.99 Å². The topological polar surface area (TPSA) is 12.4 Å². The summed E-state index contributed by atoms with van der Waals surface area (Å²) in [5, 5.41) is 0. The summed E-state index contributed by atoms with van der Waals surface area (Å²) in [6.07, 6.45) is 7.84. The predicted molar refractivity (Wildman–Crippen MR) is 41.0 cm³/mol. The van der Waals surface area contributed by atoms with Gasteiger partial charge in [0.15, 0.2) is 0 Å². The van der Waals surface area contributed by atoms with Gasteiger partial charge in [0.25, 0.3) is 0 Å². The van der Waals surface area contributed by atoms with Gasteiger partial charge in [0.1, 0.15) is 0 Å². The summed E-state index contributed by atoms with van der Waals surface area (Å²) >= 11 is 0. The van der Waals surface area contributed by atoms with Crippen LogP contribution in [0.1, 0.15) is 26.2 Å². The molecule has 1 heteroatoms. The Morgan fingerprint density at radius 1 is 1.56 bits per heavy atom. The molecule has 0 saturated heterocycles. The lowest BCUT2D eigenvalue weighted by Crippen LogP contribution is -2.00. The van der Waals surface area contributed by atoms with E-state index in [1.54, 1.807) is 0 Å². The summed E-state index contributed by atoms with van der Waals surface area (Å²) < 4.78 is 0. The van der Waals surface area contributed by atoms with Crippen LogP contribution in [0.5, 0.6) is 0 Å². The van der Waals surface area contributed by atoms with Crippen LogP contribution in [0.25, 0.3) is 0 Å². The first-order valence-electron chi connectivity index (χ1n) is 3.60. The number of aliphatic imine (C=N–C) groups is 1. The van der Waals surface area contributed by atoms with Gasteiger partial charge in [-0.3, -0.25) is 4.99 Å². The third-order valence-corrected chi connectivity index (χ3v) is 1.48. The zero-order valence-corrected chi connectivity index (χ0v) is 5.93. The number of nitrogens with zero attached hydrogens (tertiary/aromatic N) is 1. The van der Waals surface area contributed by atoms with Crippen molar-refractivity contribution < 1.29 is 0 Å². The summed E-state index contributed by atoms with van der Waals surface area (Å²) in [5.41, 5.74) is 1.38. The van der Waals surface area contributed by atoms with Crippen molar-refractivity contribution in [2.45, 2.75) is 26.2 Å². The summed E-state index contributed by atoms with van der Waals surface area (Å²) in [5.74, 6) is 0. The molecule has 0 aliphatic carbocycles. The minimum atomic E-state index is 0.912. The van der Waals surface area contributed by atoms with Gasteiger partial charge < -0.3 is 0 Å². The maximum absolute atomic E-state index is 4.35. The van der Waals surface area contributed by atoms with Crippen LogP contribution in [0.15, 0.2) is 17.1 Å². The van der Waals surface area contributed by atoms with Gasteiger partial charge in [-0.25, -0.2) is 0 Å². The third-order valence-electron chi connectivity index (χ3n) is 1.48. The Kier molecular flexibility index (Phi) is 2.49. The number of rotatable bonds is 2. The monoisotopic (exact) mass is 123 g/mol. The van der Waals surface area contributed by atoms with Crippen molar-refractivity contribution in [1.29, 1.82) is 0 Å². The van der Waals surface area contributed by atoms with Crippen molar-refractivity contribution in [3.8, 4) is 0 Å². The molecule has 0 spiro atoms. The SMILES string of the molecule is CCCC1=NCC=CC1. The first-order chi connectivity index (χ1) is 4.43. The van der Waals surface area contributed by atoms with E-state index in [2.05, 4.69) is 24.1 Å². The Hall–Kier alpha value is -0.590. The van der Waals surface area contributed by atoms with Crippen LogP contribution in [0, 0.1) is 0 Å². The van der Waals surface area contributed by atoms with E-state index in [-0.39, 0.29) is 0 Å². The van der Waals surface area contributed by atoms with Crippen LogP contribution in [0.3, 0.4) is 0 Å². The molecular weight excluding hydrogens is 110 g/mol. The largest absolute Gasteiger partial charge is 0.290 e. The second kappa shape index (κ2) is 3.44. The molecule has 0 fully saturated rings. The lowest BCUT2D eigenvalue weighted by Gasteiger charge is -2.04. The lowest BCUT2D eigenvalue weighted by molar-refractivity contribution is 0.958. The fraction of sp³-hybridized carbons (Fsp3) is 0.625. The van der Waals surface area contributed by atoms with Crippen molar-refractivity contribution in [2.75, 3.05) is 6.54 Å². The molecule has 0 amide bonds. The maximum Gasteiger partial charge on any atom is 0.0569 e. The second-order valence-corrected chi connectivity index (χ2v) is 2.33. The highest BCUT2D eigenvalue weighted by molar-refractivity contribution is 5.86. The molecule has 0 atom stereocenters. The summed E-state index contributed by atoms with van der Waals surface area (Å²) in [6.45, 7) is 3.11. The number of hydrogen-bond acceptors (Lipinski definition) is 1. The smallest absolute Gasteiger partial charge is 0.0569 e. The highest BCUT2D eigenvalue weighted by atomic mass is 14.7. The molecule has 0 aromatic heterocycles. The second-order valence-electron chi connectivity index (χ2n) is 2.33. The quantitative estimate of drug-likeness (QED) is 0.499. The van der Waals surface area contributed by atoms with Crippen molar-refractivity contribution >= 4 is 5.71 Å². The first kappa shape index (κ1) is 6.53. The normalized spacial score (nSPS) is 17.7. The van der Waals surface area contributed by atoms with Gasteiger partial charge in [0.05, 0.1) is 6.54 Å². The standard InChI is InChI=1S/C8H13N/c1-2-5-8-6-3-4-7-9-8/h3-4H,2,5-7H2,1H3. The van der Waals surface area contributed by atoms with Crippen molar-refractivity contribution in [3.63, 3.8) is 0 Å². The molecule has 1 rings (SSSR count). The van der Waals surface area contributed by atoms with E-state index in [0.717, 1.165) is 13.0 Å². The van der Waals surface area contributed by atoms with E-state index in [9.17, 15) is 0 Å². The summed E-state index contributed by atoms with van der Waals surface area (Å²) in [4.78, 5) is 4.35. The zero-order valence-electron chi connectivity index (χ0n) is 5.93. The Balaban J connectivity index is 2.32. The third kappa shape index (κ3) is 2.00. The van der Waals surface area contributed by atoms with E-state index in [0.29, 0.717) is 0 Å². The van der Waals surface area contributed by atoms with Gasteiger partial charge in [-0.2, -0.15) is 0 Å². The highest BCUT2D eigenvalue weighted by Gasteiger charge is 1.96. The predicted octanol–water partition coefficient (Wildman–Crippen LogP) is 2.19. The Morgan fingerprint density at radius 2 is 2.44 bits per heavy atom. The maximum atomic E-state index is 4.35. The molecule has 1 aliphatic heterocycles. The Bertz CT molecular complexity index is 134. The molecule has 0 aromatic rings. The van der Waals surface area contributed by atoms with Crippen LogP contribution in [0.4, 0.5) is 0 Å². The molecule has 1 nitrogen and oxygen atoms in total. The Morgan fingerprint density at radius 3 is 3.00 bits per heavy atom. The van der Waals surface area contributed by atoms with Gasteiger partial charge in [0, 0.05) is 12.1 Å². The summed E-state index contributed by atoms with van der Waals surface area (Å²) in [7, 11) is 0. The minimum absolute atomic E-state index is 0.912. The van der Waals surface area contributed by atoms with E-state index < -0.39 is 0 Å². The molecule has 9 heavy (non-hydrogen) atoms. The van der Waals surface area contributed by atoms with Crippen LogP contribution in [0.2, 0.25) is 0 Å². The molecule has 0 saturated carbocycles. The first-order valence-corrected chi connectivity index (χ1v) is 3.60. The van der Waals surface area contributed by atoms with E-state index in [1.807, 2.05) is 0 Å². The van der Waals surface area contributed by atoms with Crippen LogP contribution in [-0.4, -0.2) is 12.3 Å². The molecular formula is C8H13N. The van der Waals surface area contributed by atoms with E-state index in [1.165, 1.54) is 18.6 Å². The average molecular weight is 123 g/mol. The summed E-state index contributed by atoms with van der Waals surface area (Å²) in [6, 6.07) is 0. The van der Waals surface area contributed by atoms with Crippen LogP contribution in [-0.2, 0) is 0 Å². The fourth-order valence-electron chi connectivity index (χ4n) is 1.01. The van der Waals surface area contributed by atoms with Gasteiger partial charge in [-0.1, -0.05) is 25.5 Å². The number of allylic oxidation sites excluding steroid dienone is 1. The van der Waals surface area contributed by atoms with Crippen molar-refractivity contribution in [3.05, 3.63) is 12.2 Å².